The van der Waals surface area contributed by atoms with Crippen molar-refractivity contribution >= 4 is 11.5 Å². The molecular formula is C25H22O4. The molecule has 0 fully saturated rings. The highest BCUT2D eigenvalue weighted by atomic mass is 16.5. The highest BCUT2D eigenvalue weighted by Gasteiger charge is 2.49. The van der Waals surface area contributed by atoms with Crippen LogP contribution in [0.2, 0.25) is 0 Å². The molecule has 29 heavy (non-hydrogen) atoms. The largest absolute Gasteiger partial charge is 0.497 e. The number of hydrogen-bond donors (Lipinski definition) is 1. The summed E-state index contributed by atoms with van der Waals surface area (Å²) in [5.74, 6) is 0.0727. The lowest BCUT2D eigenvalue weighted by molar-refractivity contribution is -0.140. The van der Waals surface area contributed by atoms with Crippen molar-refractivity contribution in [2.75, 3.05) is 13.7 Å². The molecule has 3 aromatic carbocycles. The van der Waals surface area contributed by atoms with Crippen LogP contribution < -0.4 is 4.74 Å². The summed E-state index contributed by atoms with van der Waals surface area (Å²) < 4.78 is 10.8. The van der Waals surface area contributed by atoms with Gasteiger partial charge in [0.2, 0.25) is 0 Å². The monoisotopic (exact) mass is 386 g/mol. The summed E-state index contributed by atoms with van der Waals surface area (Å²) in [5.41, 5.74) is 2.07. The van der Waals surface area contributed by atoms with E-state index in [1.165, 1.54) is 0 Å². The molecule has 1 N–H and O–H groups in total. The zero-order chi connectivity index (χ0) is 20.4. The number of esters is 1. The van der Waals surface area contributed by atoms with E-state index in [0.29, 0.717) is 22.4 Å². The molecule has 4 nitrogen and oxygen atoms in total. The molecule has 4 rings (SSSR count). The number of carbonyl (C=O) groups is 1. The van der Waals surface area contributed by atoms with Crippen molar-refractivity contribution in [2.45, 2.75) is 12.5 Å². The minimum absolute atomic E-state index is 0.217. The Hall–Kier alpha value is -3.37. The fourth-order valence-electron chi connectivity index (χ4n) is 3.95. The molecule has 0 heterocycles. The van der Waals surface area contributed by atoms with Gasteiger partial charge < -0.3 is 14.6 Å². The van der Waals surface area contributed by atoms with Crippen LogP contribution in [0.25, 0.3) is 5.57 Å². The molecule has 1 aliphatic carbocycles. The molecule has 0 radical (unpaired) electrons. The molecule has 0 spiro atoms. The molecule has 4 heteroatoms. The number of ether oxygens (including phenoxy) is 2. The van der Waals surface area contributed by atoms with Crippen LogP contribution in [0.15, 0.2) is 84.4 Å². The van der Waals surface area contributed by atoms with E-state index in [1.807, 2.05) is 72.8 Å². The summed E-state index contributed by atoms with van der Waals surface area (Å²) in [6, 6.07) is 24.3. The number of rotatable bonds is 5. The second-order valence-electron chi connectivity index (χ2n) is 6.82. The summed E-state index contributed by atoms with van der Waals surface area (Å²) in [6.07, 6.45) is 0. The normalized spacial score (nSPS) is 17.8. The molecule has 0 bridgehead atoms. The van der Waals surface area contributed by atoms with Gasteiger partial charge in [-0.2, -0.15) is 0 Å². The van der Waals surface area contributed by atoms with E-state index in [9.17, 15) is 9.90 Å². The van der Waals surface area contributed by atoms with Crippen molar-refractivity contribution in [1.29, 1.82) is 0 Å². The van der Waals surface area contributed by atoms with Crippen LogP contribution in [-0.4, -0.2) is 24.8 Å². The summed E-state index contributed by atoms with van der Waals surface area (Å²) in [4.78, 5) is 13.2. The first-order chi connectivity index (χ1) is 14.1. The van der Waals surface area contributed by atoms with Gasteiger partial charge in [0.25, 0.3) is 0 Å². The molecule has 0 aliphatic heterocycles. The SMILES string of the molecule is CCOC(=O)C1=C(c2ccccc2)c2ccc(OC)cc2C1(O)c1ccccc1. The van der Waals surface area contributed by atoms with E-state index in [-0.39, 0.29) is 12.2 Å². The fraction of sp³-hybridized carbons (Fsp3) is 0.160. The predicted octanol–water partition coefficient (Wildman–Crippen LogP) is 4.31. The summed E-state index contributed by atoms with van der Waals surface area (Å²) in [5, 5.41) is 12.1. The Balaban J connectivity index is 2.09. The minimum Gasteiger partial charge on any atom is -0.497 e. The lowest BCUT2D eigenvalue weighted by atomic mass is 9.83. The summed E-state index contributed by atoms with van der Waals surface area (Å²) in [7, 11) is 1.58. The Morgan fingerprint density at radius 3 is 2.24 bits per heavy atom. The highest BCUT2D eigenvalue weighted by Crippen LogP contribution is 2.52. The highest BCUT2D eigenvalue weighted by molar-refractivity contribution is 6.08. The van der Waals surface area contributed by atoms with Crippen LogP contribution in [0.5, 0.6) is 5.75 Å². The van der Waals surface area contributed by atoms with Crippen LogP contribution in [0.4, 0.5) is 0 Å². The van der Waals surface area contributed by atoms with Gasteiger partial charge in [-0.3, -0.25) is 0 Å². The lowest BCUT2D eigenvalue weighted by Gasteiger charge is -2.28. The molecule has 1 unspecified atom stereocenters. The second-order valence-corrected chi connectivity index (χ2v) is 6.82. The number of carbonyl (C=O) groups excluding carboxylic acids is 1. The molecule has 0 amide bonds. The standard InChI is InChI=1S/C25H22O4/c1-3-29-24(26)23-22(17-10-6-4-7-11-17)20-15-14-19(28-2)16-21(20)25(23,27)18-12-8-5-9-13-18/h4-16,27H,3H2,1-2H3. The van der Waals surface area contributed by atoms with Crippen molar-refractivity contribution in [3.05, 3.63) is 107 Å². The van der Waals surface area contributed by atoms with Gasteiger partial charge >= 0.3 is 5.97 Å². The fourth-order valence-corrected chi connectivity index (χ4v) is 3.95. The van der Waals surface area contributed by atoms with E-state index in [4.69, 9.17) is 9.47 Å². The molecule has 0 saturated heterocycles. The van der Waals surface area contributed by atoms with Gasteiger partial charge in [-0.15, -0.1) is 0 Å². The predicted molar refractivity (Wildman–Crippen MR) is 112 cm³/mol. The molecule has 0 aromatic heterocycles. The van der Waals surface area contributed by atoms with Gasteiger partial charge in [0.1, 0.15) is 11.4 Å². The third-order valence-electron chi connectivity index (χ3n) is 5.23. The Labute approximate surface area is 170 Å². The van der Waals surface area contributed by atoms with Crippen molar-refractivity contribution in [2.24, 2.45) is 0 Å². The average Bonchev–Trinajstić information content (AvgIpc) is 3.04. The zero-order valence-corrected chi connectivity index (χ0v) is 16.4. The first-order valence-electron chi connectivity index (χ1n) is 9.55. The van der Waals surface area contributed by atoms with Crippen molar-refractivity contribution in [3.63, 3.8) is 0 Å². The van der Waals surface area contributed by atoms with Gasteiger partial charge in [0, 0.05) is 11.1 Å². The summed E-state index contributed by atoms with van der Waals surface area (Å²) >= 11 is 0. The smallest absolute Gasteiger partial charge is 0.338 e. The van der Waals surface area contributed by atoms with Gasteiger partial charge in [-0.05, 0) is 35.7 Å². The third-order valence-corrected chi connectivity index (χ3v) is 5.23. The van der Waals surface area contributed by atoms with Crippen LogP contribution >= 0.6 is 0 Å². The Kier molecular flexibility index (Phi) is 4.95. The number of hydrogen-bond acceptors (Lipinski definition) is 4. The number of benzene rings is 3. The maximum atomic E-state index is 13.2. The van der Waals surface area contributed by atoms with E-state index < -0.39 is 11.6 Å². The zero-order valence-electron chi connectivity index (χ0n) is 16.4. The molecule has 0 saturated carbocycles. The number of aliphatic hydroxyl groups is 1. The average molecular weight is 386 g/mol. The van der Waals surface area contributed by atoms with Crippen LogP contribution in [0.3, 0.4) is 0 Å². The number of fused-ring (bicyclic) bond motifs is 1. The van der Waals surface area contributed by atoms with E-state index in [2.05, 4.69) is 0 Å². The topological polar surface area (TPSA) is 55.8 Å². The van der Waals surface area contributed by atoms with Crippen molar-refractivity contribution in [1.82, 2.24) is 0 Å². The van der Waals surface area contributed by atoms with E-state index in [1.54, 1.807) is 20.1 Å². The van der Waals surface area contributed by atoms with Crippen molar-refractivity contribution < 1.29 is 19.4 Å². The quantitative estimate of drug-likeness (QED) is 0.664. The van der Waals surface area contributed by atoms with Crippen LogP contribution in [0, 0.1) is 0 Å². The Morgan fingerprint density at radius 2 is 1.62 bits per heavy atom. The Bertz CT molecular complexity index is 1070. The van der Waals surface area contributed by atoms with E-state index >= 15 is 0 Å². The van der Waals surface area contributed by atoms with Crippen LogP contribution in [-0.2, 0) is 15.1 Å². The van der Waals surface area contributed by atoms with Crippen LogP contribution in [0.1, 0.15) is 29.2 Å². The number of methoxy groups -OCH3 is 1. The Morgan fingerprint density at radius 1 is 0.966 bits per heavy atom. The molecular weight excluding hydrogens is 364 g/mol. The van der Waals surface area contributed by atoms with Crippen molar-refractivity contribution in [3.8, 4) is 5.75 Å². The summed E-state index contributed by atoms with van der Waals surface area (Å²) in [6.45, 7) is 1.97. The molecule has 3 aromatic rings. The molecule has 1 aliphatic rings. The molecule has 146 valence electrons. The lowest BCUT2D eigenvalue weighted by Crippen LogP contribution is -2.32. The minimum atomic E-state index is -1.65. The third kappa shape index (κ3) is 3.02. The van der Waals surface area contributed by atoms with Gasteiger partial charge in [-0.1, -0.05) is 66.7 Å². The first kappa shape index (κ1) is 19.0. The maximum absolute atomic E-state index is 13.2. The second kappa shape index (κ2) is 7.57. The van der Waals surface area contributed by atoms with E-state index in [0.717, 1.165) is 11.1 Å². The van der Waals surface area contributed by atoms with Gasteiger partial charge in [0.05, 0.1) is 19.3 Å². The van der Waals surface area contributed by atoms with Gasteiger partial charge in [-0.25, -0.2) is 4.79 Å². The first-order valence-corrected chi connectivity index (χ1v) is 9.55. The maximum Gasteiger partial charge on any atom is 0.338 e. The molecule has 1 atom stereocenters. The van der Waals surface area contributed by atoms with Gasteiger partial charge in [0.15, 0.2) is 0 Å².